The average molecular weight is 514 g/mol. The highest BCUT2D eigenvalue weighted by Gasteiger charge is 2.34. The largest absolute Gasteiger partial charge is 0.491 e. The van der Waals surface area contributed by atoms with Gasteiger partial charge in [0.1, 0.15) is 5.75 Å². The van der Waals surface area contributed by atoms with E-state index in [9.17, 15) is 26.3 Å². The summed E-state index contributed by atoms with van der Waals surface area (Å²) in [5, 5.41) is 0. The molecule has 0 aromatic heterocycles. The van der Waals surface area contributed by atoms with Gasteiger partial charge >= 0.3 is 6.11 Å². The first-order valence-electron chi connectivity index (χ1n) is 11.2. The second-order valence-electron chi connectivity index (χ2n) is 7.62. The van der Waals surface area contributed by atoms with Crippen LogP contribution in [0.5, 0.6) is 23.0 Å². The molecule has 0 unspecified atom stereocenters. The summed E-state index contributed by atoms with van der Waals surface area (Å²) in [6.45, 7) is 2.44. The third-order valence-electron chi connectivity index (χ3n) is 4.94. The van der Waals surface area contributed by atoms with E-state index in [1.807, 2.05) is 6.92 Å². The van der Waals surface area contributed by atoms with Crippen molar-refractivity contribution in [2.75, 3.05) is 19.8 Å². The number of rotatable bonds is 12. The minimum atomic E-state index is -3.92. The van der Waals surface area contributed by atoms with Crippen molar-refractivity contribution in [1.29, 1.82) is 0 Å². The molecule has 0 heterocycles. The van der Waals surface area contributed by atoms with Crippen molar-refractivity contribution < 1.29 is 45.3 Å². The number of hydrogen-bond acceptors (Lipinski definition) is 4. The molecule has 3 aromatic rings. The Kier molecular flexibility index (Phi) is 8.95. The Morgan fingerprint density at radius 1 is 0.667 bits per heavy atom. The molecule has 0 amide bonds. The van der Waals surface area contributed by atoms with Gasteiger partial charge in [-0.1, -0.05) is 25.5 Å². The standard InChI is InChI=1S/C26H24F6O4/c1-3-5-14-34-20-12-13-21(25(30)24(20)29)35-15-26(31,32)36-17-8-6-16(7-9-17)18-10-11-19(33-4-2)23(28)22(18)27/h6-13H,3-5,14-15H2,1-2H3. The summed E-state index contributed by atoms with van der Waals surface area (Å²) in [7, 11) is 0. The van der Waals surface area contributed by atoms with Crippen molar-refractivity contribution in [1.82, 2.24) is 0 Å². The van der Waals surface area contributed by atoms with E-state index in [0.29, 0.717) is 6.42 Å². The highest BCUT2D eigenvalue weighted by Crippen LogP contribution is 2.33. The van der Waals surface area contributed by atoms with E-state index in [4.69, 9.17) is 14.2 Å². The molecule has 0 aliphatic rings. The maximum Gasteiger partial charge on any atom is 0.432 e. The summed E-state index contributed by atoms with van der Waals surface area (Å²) in [5.74, 6) is -6.76. The minimum Gasteiger partial charge on any atom is -0.491 e. The lowest BCUT2D eigenvalue weighted by Crippen LogP contribution is -2.32. The fourth-order valence-corrected chi connectivity index (χ4v) is 3.15. The van der Waals surface area contributed by atoms with E-state index in [-0.39, 0.29) is 41.6 Å². The molecule has 0 radical (unpaired) electrons. The highest BCUT2D eigenvalue weighted by molar-refractivity contribution is 5.66. The maximum absolute atomic E-state index is 14.4. The Bertz CT molecular complexity index is 1170. The first kappa shape index (κ1) is 27.0. The SMILES string of the molecule is CCCCOc1ccc(OCC(F)(F)Oc2ccc(-c3ccc(OCC)c(F)c3F)cc2)c(F)c1F. The molecule has 0 atom stereocenters. The van der Waals surface area contributed by atoms with Crippen LogP contribution in [0.15, 0.2) is 48.5 Å². The number of hydrogen-bond donors (Lipinski definition) is 0. The monoisotopic (exact) mass is 514 g/mol. The first-order chi connectivity index (χ1) is 17.2. The molecule has 10 heteroatoms. The van der Waals surface area contributed by atoms with E-state index in [2.05, 4.69) is 4.74 Å². The number of halogens is 6. The summed E-state index contributed by atoms with van der Waals surface area (Å²) in [6.07, 6.45) is -2.49. The molecule has 0 spiro atoms. The van der Waals surface area contributed by atoms with E-state index in [1.165, 1.54) is 24.3 Å². The predicted octanol–water partition coefficient (Wildman–Crippen LogP) is 7.54. The van der Waals surface area contributed by atoms with Crippen LogP contribution < -0.4 is 18.9 Å². The van der Waals surface area contributed by atoms with E-state index >= 15 is 0 Å². The van der Waals surface area contributed by atoms with Gasteiger partial charge in [-0.3, -0.25) is 0 Å². The van der Waals surface area contributed by atoms with Gasteiger partial charge in [0.2, 0.25) is 17.5 Å². The molecule has 4 nitrogen and oxygen atoms in total. The molecular weight excluding hydrogens is 490 g/mol. The Morgan fingerprint density at radius 3 is 1.83 bits per heavy atom. The van der Waals surface area contributed by atoms with E-state index in [0.717, 1.165) is 30.7 Å². The van der Waals surface area contributed by atoms with Gasteiger partial charge < -0.3 is 18.9 Å². The Morgan fingerprint density at radius 2 is 1.22 bits per heavy atom. The van der Waals surface area contributed by atoms with Crippen molar-refractivity contribution in [2.45, 2.75) is 32.8 Å². The van der Waals surface area contributed by atoms with Crippen LogP contribution in [0, 0.1) is 23.3 Å². The summed E-state index contributed by atoms with van der Waals surface area (Å²) >= 11 is 0. The third kappa shape index (κ3) is 6.56. The van der Waals surface area contributed by atoms with Gasteiger partial charge in [0.05, 0.1) is 13.2 Å². The van der Waals surface area contributed by atoms with Crippen molar-refractivity contribution in [3.63, 3.8) is 0 Å². The maximum atomic E-state index is 14.4. The van der Waals surface area contributed by atoms with Crippen LogP contribution >= 0.6 is 0 Å². The Hall–Kier alpha value is -3.56. The van der Waals surface area contributed by atoms with Gasteiger partial charge in [-0.15, -0.1) is 0 Å². The quantitative estimate of drug-likeness (QED) is 0.185. The molecule has 0 saturated carbocycles. The fourth-order valence-electron chi connectivity index (χ4n) is 3.15. The van der Waals surface area contributed by atoms with Gasteiger partial charge in [-0.25, -0.2) is 4.39 Å². The normalized spacial score (nSPS) is 11.3. The lowest BCUT2D eigenvalue weighted by Gasteiger charge is -2.19. The molecule has 0 saturated heterocycles. The summed E-state index contributed by atoms with van der Waals surface area (Å²) in [5.41, 5.74) is 0.109. The lowest BCUT2D eigenvalue weighted by atomic mass is 10.0. The van der Waals surface area contributed by atoms with E-state index < -0.39 is 41.7 Å². The van der Waals surface area contributed by atoms with Crippen LogP contribution in [-0.2, 0) is 0 Å². The van der Waals surface area contributed by atoms with Gasteiger partial charge in [0, 0.05) is 5.56 Å². The van der Waals surface area contributed by atoms with Crippen LogP contribution in [0.3, 0.4) is 0 Å². The van der Waals surface area contributed by atoms with Crippen molar-refractivity contribution in [2.24, 2.45) is 0 Å². The zero-order valence-electron chi connectivity index (χ0n) is 19.6. The molecule has 0 bridgehead atoms. The molecule has 3 rings (SSSR count). The lowest BCUT2D eigenvalue weighted by molar-refractivity contribution is -0.195. The first-order valence-corrected chi connectivity index (χ1v) is 11.2. The van der Waals surface area contributed by atoms with Crippen LogP contribution in [0.1, 0.15) is 26.7 Å². The van der Waals surface area contributed by atoms with Crippen molar-refractivity contribution in [3.8, 4) is 34.1 Å². The highest BCUT2D eigenvalue weighted by atomic mass is 19.3. The second-order valence-corrected chi connectivity index (χ2v) is 7.62. The Labute approximate surface area is 204 Å². The van der Waals surface area contributed by atoms with Crippen LogP contribution in [-0.4, -0.2) is 25.9 Å². The molecule has 36 heavy (non-hydrogen) atoms. The molecular formula is C26H24F6O4. The fraction of sp³-hybridized carbons (Fsp3) is 0.308. The van der Waals surface area contributed by atoms with Crippen LogP contribution in [0.25, 0.3) is 11.1 Å². The van der Waals surface area contributed by atoms with Crippen molar-refractivity contribution >= 4 is 0 Å². The van der Waals surface area contributed by atoms with Crippen LogP contribution in [0.2, 0.25) is 0 Å². The summed E-state index contributed by atoms with van der Waals surface area (Å²) in [6, 6.07) is 9.40. The third-order valence-corrected chi connectivity index (χ3v) is 4.94. The number of benzene rings is 3. The minimum absolute atomic E-state index is 0.0998. The molecule has 194 valence electrons. The molecule has 3 aromatic carbocycles. The number of ether oxygens (including phenoxy) is 4. The van der Waals surface area contributed by atoms with Gasteiger partial charge in [0.25, 0.3) is 0 Å². The molecule has 0 fully saturated rings. The summed E-state index contributed by atoms with van der Waals surface area (Å²) < 4.78 is 105. The van der Waals surface area contributed by atoms with Gasteiger partial charge in [0.15, 0.2) is 29.7 Å². The molecule has 0 aliphatic carbocycles. The average Bonchev–Trinajstić information content (AvgIpc) is 2.85. The predicted molar refractivity (Wildman–Crippen MR) is 121 cm³/mol. The molecule has 0 aliphatic heterocycles. The topological polar surface area (TPSA) is 36.9 Å². The zero-order valence-corrected chi connectivity index (χ0v) is 19.6. The second kappa shape index (κ2) is 11.9. The van der Waals surface area contributed by atoms with Gasteiger partial charge in [-0.2, -0.15) is 22.0 Å². The van der Waals surface area contributed by atoms with Gasteiger partial charge in [-0.05, 0) is 55.3 Å². The van der Waals surface area contributed by atoms with Crippen LogP contribution in [0.4, 0.5) is 26.3 Å². The smallest absolute Gasteiger partial charge is 0.432 e. The molecule has 0 N–H and O–H groups in total. The zero-order chi connectivity index (χ0) is 26.3. The Balaban J connectivity index is 1.65. The van der Waals surface area contributed by atoms with E-state index in [1.54, 1.807) is 6.92 Å². The summed E-state index contributed by atoms with van der Waals surface area (Å²) in [4.78, 5) is 0. The number of unbranched alkanes of at least 4 members (excludes halogenated alkanes) is 1. The number of alkyl halides is 2. The van der Waals surface area contributed by atoms with Crippen molar-refractivity contribution in [3.05, 3.63) is 71.8 Å².